The zero-order valence-electron chi connectivity index (χ0n) is 12.1. The van der Waals surface area contributed by atoms with E-state index in [1.165, 1.54) is 19.3 Å². The third kappa shape index (κ3) is 2.63. The molecular weight excluding hydrogens is 318 g/mol. The Labute approximate surface area is 137 Å². The van der Waals surface area contributed by atoms with Gasteiger partial charge in [-0.05, 0) is 0 Å². The quantitative estimate of drug-likeness (QED) is 0.617. The van der Waals surface area contributed by atoms with Crippen LogP contribution in [-0.4, -0.2) is 5.66 Å². The molecule has 1 aliphatic rings. The fourth-order valence-corrected chi connectivity index (χ4v) is 9.88. The molecule has 21 heavy (non-hydrogen) atoms. The minimum atomic E-state index is -3.15. The first-order valence-electron chi connectivity index (χ1n) is 7.68. The zero-order valence-corrected chi connectivity index (χ0v) is 14.5. The Kier molecular flexibility index (Phi) is 4.33. The van der Waals surface area contributed by atoms with Crippen molar-refractivity contribution in [3.8, 4) is 0 Å². The van der Waals surface area contributed by atoms with Gasteiger partial charge in [0.1, 0.15) is 0 Å². The first kappa shape index (κ1) is 15.3. The van der Waals surface area contributed by atoms with E-state index in [1.54, 1.807) is 0 Å². The van der Waals surface area contributed by atoms with Crippen LogP contribution in [0.15, 0.2) is 60.7 Å². The van der Waals surface area contributed by atoms with Crippen LogP contribution in [0.4, 0.5) is 0 Å². The van der Waals surface area contributed by atoms with Gasteiger partial charge in [-0.15, -0.1) is 0 Å². The fraction of sp³-hybridized carbons (Fsp3) is 0.333. The van der Waals surface area contributed by atoms with E-state index in [9.17, 15) is 0 Å². The normalized spacial score (nSPS) is 18.9. The number of hydrogen-bond donors (Lipinski definition) is 0. The van der Waals surface area contributed by atoms with Crippen molar-refractivity contribution in [3.63, 3.8) is 0 Å². The third-order valence-corrected chi connectivity index (χ3v) is 13.0. The molecule has 0 bridgehead atoms. The molecule has 2 aromatic carbocycles. The molecule has 0 aromatic heterocycles. The van der Waals surface area contributed by atoms with Crippen molar-refractivity contribution in [1.29, 1.82) is 0 Å². The van der Waals surface area contributed by atoms with Crippen LogP contribution in [0.2, 0.25) is 0 Å². The van der Waals surface area contributed by atoms with Gasteiger partial charge in [0.05, 0.1) is 0 Å². The monoisotopic (exact) mass is 338 g/mol. The molecular formula is C18H21Cl2P. The van der Waals surface area contributed by atoms with Crippen molar-refractivity contribution in [1.82, 2.24) is 0 Å². The molecule has 0 heterocycles. The molecule has 2 aromatic rings. The van der Waals surface area contributed by atoms with Crippen molar-refractivity contribution in [2.75, 3.05) is 0 Å². The Morgan fingerprint density at radius 1 is 0.667 bits per heavy atom. The summed E-state index contributed by atoms with van der Waals surface area (Å²) in [6.07, 6.45) is 6.05. The van der Waals surface area contributed by atoms with Crippen molar-refractivity contribution < 1.29 is 0 Å². The van der Waals surface area contributed by atoms with E-state index in [0.717, 1.165) is 23.5 Å². The van der Waals surface area contributed by atoms with Crippen molar-refractivity contribution in [3.05, 3.63) is 60.7 Å². The van der Waals surface area contributed by atoms with Gasteiger partial charge in [0, 0.05) is 0 Å². The second-order valence-corrected chi connectivity index (χ2v) is 14.4. The average Bonchev–Trinajstić information content (AvgIpc) is 2.57. The Morgan fingerprint density at radius 3 is 1.52 bits per heavy atom. The summed E-state index contributed by atoms with van der Waals surface area (Å²) in [5, 5.41) is -0.922. The molecule has 1 saturated carbocycles. The van der Waals surface area contributed by atoms with Gasteiger partial charge in [0.15, 0.2) is 0 Å². The molecule has 0 radical (unpaired) electrons. The first-order chi connectivity index (χ1) is 10.1. The SMILES string of the molecule is ClP(Cl)(c1ccccc1)(c1ccccc1)C1CCCCC1. The van der Waals surface area contributed by atoms with Gasteiger partial charge in [-0.2, -0.15) is 0 Å². The number of rotatable bonds is 3. The Bertz CT molecular complexity index is 546. The summed E-state index contributed by atoms with van der Waals surface area (Å²) in [6, 6.07) is 20.7. The van der Waals surface area contributed by atoms with Crippen LogP contribution in [0.25, 0.3) is 0 Å². The predicted molar refractivity (Wildman–Crippen MR) is 97.7 cm³/mol. The summed E-state index contributed by atoms with van der Waals surface area (Å²) in [6.45, 7) is 0. The molecule has 0 saturated heterocycles. The van der Waals surface area contributed by atoms with Gasteiger partial charge in [-0.3, -0.25) is 0 Å². The molecule has 0 N–H and O–H groups in total. The molecule has 112 valence electrons. The van der Waals surface area contributed by atoms with Crippen LogP contribution in [0.1, 0.15) is 32.1 Å². The van der Waals surface area contributed by atoms with Gasteiger partial charge in [-0.25, -0.2) is 0 Å². The second kappa shape index (κ2) is 5.92. The van der Waals surface area contributed by atoms with Crippen molar-refractivity contribution in [2.45, 2.75) is 37.8 Å². The minimum absolute atomic E-state index is 0.373. The van der Waals surface area contributed by atoms with E-state index >= 15 is 0 Å². The van der Waals surface area contributed by atoms with Crippen LogP contribution in [0, 0.1) is 0 Å². The van der Waals surface area contributed by atoms with E-state index in [1.807, 2.05) is 36.4 Å². The maximum absolute atomic E-state index is 7.42. The maximum atomic E-state index is 7.42. The molecule has 0 spiro atoms. The van der Waals surface area contributed by atoms with Crippen LogP contribution in [-0.2, 0) is 0 Å². The van der Waals surface area contributed by atoms with Gasteiger partial charge < -0.3 is 0 Å². The molecule has 0 aliphatic heterocycles. The van der Waals surface area contributed by atoms with Gasteiger partial charge in [0.2, 0.25) is 0 Å². The second-order valence-electron chi connectivity index (χ2n) is 5.93. The van der Waals surface area contributed by atoms with Crippen molar-refractivity contribution in [2.24, 2.45) is 0 Å². The zero-order chi connectivity index (χ0) is 14.8. The van der Waals surface area contributed by atoms with Crippen LogP contribution in [0.5, 0.6) is 0 Å². The predicted octanol–water partition coefficient (Wildman–Crippen LogP) is 5.83. The third-order valence-electron chi connectivity index (χ3n) is 4.67. The van der Waals surface area contributed by atoms with Crippen LogP contribution < -0.4 is 10.6 Å². The molecule has 1 aliphatic carbocycles. The number of hydrogen-bond acceptors (Lipinski definition) is 0. The average molecular weight is 339 g/mol. The molecule has 0 unspecified atom stereocenters. The van der Waals surface area contributed by atoms with E-state index < -0.39 is 5.31 Å². The standard InChI is InChI=1S/C18H21Cl2P/c19-21(20,16-10-4-1-5-11-16,17-12-6-2-7-13-17)18-14-8-3-9-15-18/h1-2,4-7,10-13,18H,3,8-9,14-15H2. The molecule has 1 fully saturated rings. The summed E-state index contributed by atoms with van der Waals surface area (Å²) in [7, 11) is 0. The van der Waals surface area contributed by atoms with Gasteiger partial charge in [-0.1, -0.05) is 0 Å². The van der Waals surface area contributed by atoms with E-state index in [0.29, 0.717) is 5.66 Å². The first-order valence-corrected chi connectivity index (χ1v) is 11.8. The van der Waals surface area contributed by atoms with E-state index in [2.05, 4.69) is 24.3 Å². The van der Waals surface area contributed by atoms with E-state index in [4.69, 9.17) is 22.5 Å². The van der Waals surface area contributed by atoms with Crippen molar-refractivity contribution >= 4 is 38.4 Å². The van der Waals surface area contributed by atoms with Crippen LogP contribution >= 0.6 is 27.8 Å². The summed E-state index contributed by atoms with van der Waals surface area (Å²) < 4.78 is 0. The summed E-state index contributed by atoms with van der Waals surface area (Å²) in [5.74, 6) is 0. The van der Waals surface area contributed by atoms with E-state index in [-0.39, 0.29) is 0 Å². The Hall–Kier alpha value is -0.550. The molecule has 3 heteroatoms. The molecule has 0 nitrogen and oxygen atoms in total. The Morgan fingerprint density at radius 2 is 1.10 bits per heavy atom. The molecule has 0 amide bonds. The van der Waals surface area contributed by atoms with Gasteiger partial charge in [0.25, 0.3) is 0 Å². The summed E-state index contributed by atoms with van der Waals surface area (Å²) >= 11 is 14.8. The number of halogens is 2. The topological polar surface area (TPSA) is 0 Å². The fourth-order valence-electron chi connectivity index (χ4n) is 3.51. The van der Waals surface area contributed by atoms with Crippen LogP contribution in [0.3, 0.4) is 0 Å². The van der Waals surface area contributed by atoms with Gasteiger partial charge >= 0.3 is 137 Å². The molecule has 0 atom stereocenters. The number of benzene rings is 2. The molecule has 3 rings (SSSR count). The Balaban J connectivity index is 2.19. The summed E-state index contributed by atoms with van der Waals surface area (Å²) in [4.78, 5) is 0. The summed E-state index contributed by atoms with van der Waals surface area (Å²) in [5.41, 5.74) is 0.373.